The number of benzene rings is 1. The standard InChI is InChI=1S/C9H9ClN2O2/c10-5-1-2-7(13)6(3-5)9-11-4-8(14)12-9/h1-3,9,11,13H,4H2,(H,12,14). The third kappa shape index (κ3) is 1.66. The summed E-state index contributed by atoms with van der Waals surface area (Å²) in [5, 5.41) is 15.6. The molecule has 0 saturated carbocycles. The molecule has 2 rings (SSSR count). The Labute approximate surface area is 85.9 Å². The van der Waals surface area contributed by atoms with Gasteiger partial charge in [-0.25, -0.2) is 0 Å². The topological polar surface area (TPSA) is 61.4 Å². The summed E-state index contributed by atoms with van der Waals surface area (Å²) in [5.41, 5.74) is 0.586. The van der Waals surface area contributed by atoms with Crippen LogP contribution in [0.1, 0.15) is 11.7 Å². The predicted octanol–water partition coefficient (Wildman–Crippen LogP) is 0.764. The third-order valence-electron chi connectivity index (χ3n) is 2.07. The Bertz CT molecular complexity index is 381. The molecule has 1 aromatic rings. The second kappa shape index (κ2) is 3.48. The summed E-state index contributed by atoms with van der Waals surface area (Å²) in [6.07, 6.45) is -0.346. The number of halogens is 1. The van der Waals surface area contributed by atoms with Crippen LogP contribution in [0.3, 0.4) is 0 Å². The molecule has 1 heterocycles. The minimum absolute atomic E-state index is 0.0885. The van der Waals surface area contributed by atoms with Gasteiger partial charge in [0, 0.05) is 10.6 Å². The number of hydrogen-bond acceptors (Lipinski definition) is 3. The van der Waals surface area contributed by atoms with Crippen molar-refractivity contribution < 1.29 is 9.90 Å². The maximum absolute atomic E-state index is 10.9. The van der Waals surface area contributed by atoms with E-state index in [1.807, 2.05) is 0 Å². The number of phenolic OH excluding ortho intramolecular Hbond substituents is 1. The van der Waals surface area contributed by atoms with Crippen LogP contribution in [0.25, 0.3) is 0 Å². The summed E-state index contributed by atoms with van der Waals surface area (Å²) < 4.78 is 0. The first-order chi connectivity index (χ1) is 6.66. The molecule has 1 aromatic carbocycles. The number of amides is 1. The van der Waals surface area contributed by atoms with Gasteiger partial charge in [-0.2, -0.15) is 0 Å². The van der Waals surface area contributed by atoms with Crippen molar-refractivity contribution in [2.24, 2.45) is 0 Å². The van der Waals surface area contributed by atoms with Crippen LogP contribution in [0.15, 0.2) is 18.2 Å². The zero-order valence-corrected chi connectivity index (χ0v) is 8.01. The highest BCUT2D eigenvalue weighted by Gasteiger charge is 2.23. The average molecular weight is 213 g/mol. The van der Waals surface area contributed by atoms with Crippen molar-refractivity contribution in [3.8, 4) is 5.75 Å². The lowest BCUT2D eigenvalue weighted by Gasteiger charge is -2.12. The first-order valence-corrected chi connectivity index (χ1v) is 4.56. The molecule has 1 amide bonds. The molecule has 0 aromatic heterocycles. The molecule has 4 nitrogen and oxygen atoms in total. The molecule has 1 unspecified atom stereocenters. The lowest BCUT2D eigenvalue weighted by atomic mass is 10.1. The zero-order chi connectivity index (χ0) is 10.1. The van der Waals surface area contributed by atoms with Crippen LogP contribution in [0.4, 0.5) is 0 Å². The van der Waals surface area contributed by atoms with Crippen molar-refractivity contribution in [1.82, 2.24) is 10.6 Å². The van der Waals surface area contributed by atoms with E-state index in [4.69, 9.17) is 11.6 Å². The number of nitrogens with one attached hydrogen (secondary N) is 2. The molecule has 74 valence electrons. The van der Waals surface area contributed by atoms with E-state index in [1.54, 1.807) is 12.1 Å². The number of aromatic hydroxyl groups is 1. The summed E-state index contributed by atoms with van der Waals surface area (Å²) in [6.45, 7) is 0.261. The van der Waals surface area contributed by atoms with E-state index in [0.29, 0.717) is 10.6 Å². The summed E-state index contributed by atoms with van der Waals surface area (Å²) in [6, 6.07) is 4.72. The van der Waals surface area contributed by atoms with E-state index < -0.39 is 0 Å². The van der Waals surface area contributed by atoms with Gasteiger partial charge in [-0.1, -0.05) is 11.6 Å². The first kappa shape index (κ1) is 9.30. The highest BCUT2D eigenvalue weighted by molar-refractivity contribution is 6.30. The van der Waals surface area contributed by atoms with E-state index in [0.717, 1.165) is 0 Å². The Kier molecular flexibility index (Phi) is 2.31. The Morgan fingerprint density at radius 3 is 2.93 bits per heavy atom. The summed E-state index contributed by atoms with van der Waals surface area (Å²) in [4.78, 5) is 10.9. The maximum atomic E-state index is 10.9. The largest absolute Gasteiger partial charge is 0.508 e. The van der Waals surface area contributed by atoms with Crippen molar-refractivity contribution >= 4 is 17.5 Å². The van der Waals surface area contributed by atoms with Gasteiger partial charge in [0.25, 0.3) is 0 Å². The van der Waals surface area contributed by atoms with Gasteiger partial charge >= 0.3 is 0 Å². The fourth-order valence-electron chi connectivity index (χ4n) is 1.40. The highest BCUT2D eigenvalue weighted by atomic mass is 35.5. The molecule has 1 aliphatic heterocycles. The van der Waals surface area contributed by atoms with Crippen LogP contribution in [0, 0.1) is 0 Å². The lowest BCUT2D eigenvalue weighted by molar-refractivity contribution is -0.118. The SMILES string of the molecule is O=C1CNC(c2cc(Cl)ccc2O)N1. The van der Waals surface area contributed by atoms with Crippen molar-refractivity contribution in [1.29, 1.82) is 0 Å². The van der Waals surface area contributed by atoms with E-state index in [-0.39, 0.29) is 24.4 Å². The van der Waals surface area contributed by atoms with E-state index in [1.165, 1.54) is 6.07 Å². The number of rotatable bonds is 1. The summed E-state index contributed by atoms with van der Waals surface area (Å²) in [5.74, 6) is 0.0310. The second-order valence-corrected chi connectivity index (χ2v) is 3.52. The molecule has 0 radical (unpaired) electrons. The Balaban J connectivity index is 2.31. The molecule has 3 N–H and O–H groups in total. The minimum Gasteiger partial charge on any atom is -0.508 e. The fourth-order valence-corrected chi connectivity index (χ4v) is 1.58. The Morgan fingerprint density at radius 2 is 2.29 bits per heavy atom. The molecule has 1 aliphatic rings. The molecule has 0 aliphatic carbocycles. The van der Waals surface area contributed by atoms with Crippen LogP contribution in [0.2, 0.25) is 5.02 Å². The molecule has 1 saturated heterocycles. The number of hydrogen-bond donors (Lipinski definition) is 3. The van der Waals surface area contributed by atoms with E-state index in [9.17, 15) is 9.90 Å². The van der Waals surface area contributed by atoms with Crippen LogP contribution in [-0.4, -0.2) is 17.6 Å². The molecule has 14 heavy (non-hydrogen) atoms. The average Bonchev–Trinajstić information content (AvgIpc) is 2.56. The first-order valence-electron chi connectivity index (χ1n) is 4.18. The lowest BCUT2D eigenvalue weighted by Crippen LogP contribution is -2.22. The normalized spacial score (nSPS) is 20.9. The Morgan fingerprint density at radius 1 is 1.50 bits per heavy atom. The van der Waals surface area contributed by atoms with E-state index in [2.05, 4.69) is 10.6 Å². The van der Waals surface area contributed by atoms with Crippen molar-refractivity contribution in [2.75, 3.05) is 6.54 Å². The molecule has 1 fully saturated rings. The van der Waals surface area contributed by atoms with Crippen LogP contribution in [0.5, 0.6) is 5.75 Å². The monoisotopic (exact) mass is 212 g/mol. The van der Waals surface area contributed by atoms with Crippen LogP contribution >= 0.6 is 11.6 Å². The van der Waals surface area contributed by atoms with Gasteiger partial charge in [-0.05, 0) is 18.2 Å². The van der Waals surface area contributed by atoms with Gasteiger partial charge < -0.3 is 10.4 Å². The van der Waals surface area contributed by atoms with Crippen LogP contribution < -0.4 is 10.6 Å². The molecular formula is C9H9ClN2O2. The van der Waals surface area contributed by atoms with Gasteiger partial charge in [0.2, 0.25) is 5.91 Å². The number of phenols is 1. The van der Waals surface area contributed by atoms with Gasteiger partial charge in [-0.3, -0.25) is 10.1 Å². The number of carbonyl (C=O) groups excluding carboxylic acids is 1. The summed E-state index contributed by atoms with van der Waals surface area (Å²) >= 11 is 5.78. The molecule has 1 atom stereocenters. The molecule has 5 heteroatoms. The maximum Gasteiger partial charge on any atom is 0.235 e. The molecule has 0 spiro atoms. The Hall–Kier alpha value is -1.26. The predicted molar refractivity (Wildman–Crippen MR) is 52.0 cm³/mol. The van der Waals surface area contributed by atoms with Gasteiger partial charge in [0.1, 0.15) is 11.9 Å². The zero-order valence-electron chi connectivity index (χ0n) is 7.25. The smallest absolute Gasteiger partial charge is 0.235 e. The molecule has 0 bridgehead atoms. The van der Waals surface area contributed by atoms with Gasteiger partial charge in [0.05, 0.1) is 6.54 Å². The quantitative estimate of drug-likeness (QED) is 0.644. The van der Waals surface area contributed by atoms with Crippen molar-refractivity contribution in [3.63, 3.8) is 0 Å². The fraction of sp³-hybridized carbons (Fsp3) is 0.222. The van der Waals surface area contributed by atoms with E-state index >= 15 is 0 Å². The number of carbonyl (C=O) groups is 1. The van der Waals surface area contributed by atoms with Gasteiger partial charge in [0.15, 0.2) is 0 Å². The molecular weight excluding hydrogens is 204 g/mol. The van der Waals surface area contributed by atoms with Crippen molar-refractivity contribution in [3.05, 3.63) is 28.8 Å². The minimum atomic E-state index is -0.346. The van der Waals surface area contributed by atoms with Crippen molar-refractivity contribution in [2.45, 2.75) is 6.17 Å². The van der Waals surface area contributed by atoms with Gasteiger partial charge in [-0.15, -0.1) is 0 Å². The highest BCUT2D eigenvalue weighted by Crippen LogP contribution is 2.26. The second-order valence-electron chi connectivity index (χ2n) is 3.08. The van der Waals surface area contributed by atoms with Crippen LogP contribution in [-0.2, 0) is 4.79 Å². The third-order valence-corrected chi connectivity index (χ3v) is 2.31. The summed E-state index contributed by atoms with van der Waals surface area (Å²) in [7, 11) is 0.